The zero-order valence-electron chi connectivity index (χ0n) is 10.6. The molecule has 100 valence electrons. The Hall–Kier alpha value is -1.26. The number of carbonyl (C=O) groups excluding carboxylic acids is 1. The molecule has 0 aliphatic heterocycles. The lowest BCUT2D eigenvalue weighted by atomic mass is 10.0. The van der Waals surface area contributed by atoms with Crippen LogP contribution in [-0.4, -0.2) is 23.7 Å². The molecule has 1 rings (SSSR count). The average molecular weight is 271 g/mol. The van der Waals surface area contributed by atoms with Crippen molar-refractivity contribution in [1.82, 2.24) is 5.32 Å². The van der Waals surface area contributed by atoms with Crippen LogP contribution in [-0.2, 0) is 0 Å². The topological polar surface area (TPSA) is 75.3 Å². The summed E-state index contributed by atoms with van der Waals surface area (Å²) in [5, 5.41) is 12.2. The third-order valence-electron chi connectivity index (χ3n) is 2.58. The second-order valence-corrected chi connectivity index (χ2v) is 5.07. The molecule has 1 unspecified atom stereocenters. The highest BCUT2D eigenvalue weighted by Gasteiger charge is 2.17. The first kappa shape index (κ1) is 14.8. The predicted molar refractivity (Wildman–Crippen MR) is 73.7 cm³/mol. The summed E-state index contributed by atoms with van der Waals surface area (Å²) >= 11 is 5.97. The number of hydrogen-bond donors (Lipinski definition) is 3. The number of halogens is 1. The lowest BCUT2D eigenvalue weighted by molar-refractivity contribution is 0.0908. The summed E-state index contributed by atoms with van der Waals surface area (Å²) < 4.78 is 0. The maximum absolute atomic E-state index is 12.0. The zero-order valence-corrected chi connectivity index (χ0v) is 11.4. The van der Waals surface area contributed by atoms with Gasteiger partial charge in [-0.1, -0.05) is 31.5 Å². The number of aliphatic hydroxyl groups is 1. The molecule has 1 aromatic rings. The van der Waals surface area contributed by atoms with Crippen LogP contribution < -0.4 is 11.1 Å². The SMILES string of the molecule is CC(C)CC(CO)NC(=O)c1cccc(N)c1Cl. The molecule has 1 atom stereocenters. The standard InChI is InChI=1S/C13H19ClN2O2/c1-8(2)6-9(7-17)16-13(18)10-4-3-5-11(15)12(10)14/h3-5,8-9,17H,6-7,15H2,1-2H3,(H,16,18). The van der Waals surface area contributed by atoms with Crippen molar-refractivity contribution in [2.24, 2.45) is 5.92 Å². The number of amides is 1. The van der Waals surface area contributed by atoms with Gasteiger partial charge in [0.2, 0.25) is 0 Å². The van der Waals surface area contributed by atoms with Crippen LogP contribution in [0.5, 0.6) is 0 Å². The van der Waals surface area contributed by atoms with Gasteiger partial charge >= 0.3 is 0 Å². The van der Waals surface area contributed by atoms with Crippen LogP contribution in [0, 0.1) is 5.92 Å². The van der Waals surface area contributed by atoms with Gasteiger partial charge in [0.25, 0.3) is 5.91 Å². The first-order chi connectivity index (χ1) is 8.45. The third-order valence-corrected chi connectivity index (χ3v) is 3.01. The number of hydrogen-bond acceptors (Lipinski definition) is 3. The van der Waals surface area contributed by atoms with Gasteiger partial charge in [0.1, 0.15) is 0 Å². The molecule has 0 heterocycles. The summed E-state index contributed by atoms with van der Waals surface area (Å²) in [7, 11) is 0. The first-order valence-corrected chi connectivity index (χ1v) is 6.29. The summed E-state index contributed by atoms with van der Waals surface area (Å²) in [6, 6.07) is 4.65. The van der Waals surface area contributed by atoms with Crippen molar-refractivity contribution in [2.45, 2.75) is 26.3 Å². The molecule has 1 aromatic carbocycles. The molecule has 0 radical (unpaired) electrons. The highest BCUT2D eigenvalue weighted by molar-refractivity contribution is 6.36. The Labute approximate surface area is 112 Å². The fraction of sp³-hybridized carbons (Fsp3) is 0.462. The minimum absolute atomic E-state index is 0.0934. The van der Waals surface area contributed by atoms with E-state index in [1.54, 1.807) is 18.2 Å². The van der Waals surface area contributed by atoms with E-state index in [1.807, 2.05) is 13.8 Å². The second kappa shape index (κ2) is 6.61. The van der Waals surface area contributed by atoms with E-state index in [-0.39, 0.29) is 23.6 Å². The van der Waals surface area contributed by atoms with Crippen molar-refractivity contribution in [3.05, 3.63) is 28.8 Å². The molecule has 1 amide bonds. The first-order valence-electron chi connectivity index (χ1n) is 5.91. The van der Waals surface area contributed by atoms with Gasteiger partial charge in [-0.05, 0) is 24.5 Å². The molecule has 0 bridgehead atoms. The van der Waals surface area contributed by atoms with Crippen molar-refractivity contribution in [3.63, 3.8) is 0 Å². The summed E-state index contributed by atoms with van der Waals surface area (Å²) in [6.07, 6.45) is 0.710. The molecule has 0 spiro atoms. The Morgan fingerprint density at radius 3 is 2.72 bits per heavy atom. The molecule has 0 fully saturated rings. The van der Waals surface area contributed by atoms with Gasteiger partial charge in [-0.2, -0.15) is 0 Å². The van der Waals surface area contributed by atoms with Crippen LogP contribution in [0.4, 0.5) is 5.69 Å². The Kier molecular flexibility index (Phi) is 5.44. The van der Waals surface area contributed by atoms with Gasteiger partial charge in [-0.15, -0.1) is 0 Å². The Morgan fingerprint density at radius 1 is 1.50 bits per heavy atom. The van der Waals surface area contributed by atoms with Crippen molar-refractivity contribution < 1.29 is 9.90 Å². The molecule has 4 nitrogen and oxygen atoms in total. The number of nitrogen functional groups attached to an aromatic ring is 1. The van der Waals surface area contributed by atoms with Gasteiger partial charge in [-0.3, -0.25) is 4.79 Å². The Morgan fingerprint density at radius 2 is 2.17 bits per heavy atom. The molecule has 0 saturated carbocycles. The fourth-order valence-corrected chi connectivity index (χ4v) is 1.95. The number of nitrogens with two attached hydrogens (primary N) is 1. The van der Waals surface area contributed by atoms with Gasteiger partial charge in [-0.25, -0.2) is 0 Å². The summed E-state index contributed by atoms with van der Waals surface area (Å²) in [4.78, 5) is 12.0. The van der Waals surface area contributed by atoms with Crippen molar-refractivity contribution in [3.8, 4) is 0 Å². The minimum atomic E-state index is -0.313. The van der Waals surface area contributed by atoms with E-state index in [9.17, 15) is 9.90 Å². The number of rotatable bonds is 5. The monoisotopic (exact) mass is 270 g/mol. The van der Waals surface area contributed by atoms with Crippen molar-refractivity contribution in [1.29, 1.82) is 0 Å². The molecule has 5 heteroatoms. The van der Waals surface area contributed by atoms with E-state index in [0.717, 1.165) is 0 Å². The van der Waals surface area contributed by atoms with Crippen molar-refractivity contribution in [2.75, 3.05) is 12.3 Å². The normalized spacial score (nSPS) is 12.5. The minimum Gasteiger partial charge on any atom is -0.398 e. The van der Waals surface area contributed by atoms with E-state index >= 15 is 0 Å². The van der Waals surface area contributed by atoms with Crippen LogP contribution in [0.3, 0.4) is 0 Å². The summed E-state index contributed by atoms with van der Waals surface area (Å²) in [6.45, 7) is 3.97. The van der Waals surface area contributed by atoms with E-state index in [0.29, 0.717) is 23.6 Å². The molecule has 0 aliphatic carbocycles. The van der Waals surface area contributed by atoms with E-state index in [1.165, 1.54) is 0 Å². The largest absolute Gasteiger partial charge is 0.398 e. The van der Waals surface area contributed by atoms with Gasteiger partial charge in [0.15, 0.2) is 0 Å². The average Bonchev–Trinajstić information content (AvgIpc) is 2.31. The quantitative estimate of drug-likeness (QED) is 0.717. The van der Waals surface area contributed by atoms with Crippen LogP contribution in [0.2, 0.25) is 5.02 Å². The number of anilines is 1. The molecule has 0 saturated heterocycles. The molecule has 0 aliphatic rings. The third kappa shape index (κ3) is 3.89. The molecule has 0 aromatic heterocycles. The van der Waals surface area contributed by atoms with Crippen LogP contribution in [0.15, 0.2) is 18.2 Å². The highest BCUT2D eigenvalue weighted by Crippen LogP contribution is 2.23. The van der Waals surface area contributed by atoms with E-state index in [2.05, 4.69) is 5.32 Å². The lowest BCUT2D eigenvalue weighted by Gasteiger charge is -2.18. The molecular weight excluding hydrogens is 252 g/mol. The molecule has 18 heavy (non-hydrogen) atoms. The summed E-state index contributed by atoms with van der Waals surface area (Å²) in [5.74, 6) is 0.0748. The molecule has 4 N–H and O–H groups in total. The maximum Gasteiger partial charge on any atom is 0.253 e. The fourth-order valence-electron chi connectivity index (χ4n) is 1.74. The number of nitrogens with one attached hydrogen (secondary N) is 1. The van der Waals surface area contributed by atoms with E-state index < -0.39 is 0 Å². The van der Waals surface area contributed by atoms with Crippen LogP contribution in [0.25, 0.3) is 0 Å². The second-order valence-electron chi connectivity index (χ2n) is 4.69. The van der Waals surface area contributed by atoms with Crippen molar-refractivity contribution >= 4 is 23.2 Å². The van der Waals surface area contributed by atoms with Gasteiger partial charge < -0.3 is 16.2 Å². The number of carbonyl (C=O) groups is 1. The maximum atomic E-state index is 12.0. The van der Waals surface area contributed by atoms with Gasteiger partial charge in [0.05, 0.1) is 28.9 Å². The summed E-state index contributed by atoms with van der Waals surface area (Å²) in [5.41, 5.74) is 6.34. The smallest absolute Gasteiger partial charge is 0.253 e. The van der Waals surface area contributed by atoms with Crippen LogP contribution in [0.1, 0.15) is 30.6 Å². The highest BCUT2D eigenvalue weighted by atomic mass is 35.5. The van der Waals surface area contributed by atoms with Gasteiger partial charge in [0, 0.05) is 0 Å². The van der Waals surface area contributed by atoms with Crippen LogP contribution >= 0.6 is 11.6 Å². The zero-order chi connectivity index (χ0) is 13.7. The van der Waals surface area contributed by atoms with E-state index in [4.69, 9.17) is 17.3 Å². The Bertz CT molecular complexity index is 421. The molecular formula is C13H19ClN2O2. The number of benzene rings is 1. The lowest BCUT2D eigenvalue weighted by Crippen LogP contribution is -2.38. The Balaban J connectivity index is 2.78. The predicted octanol–water partition coefficient (Wildman–Crippen LogP) is 2.06. The number of aliphatic hydroxyl groups excluding tert-OH is 1.